The lowest BCUT2D eigenvalue weighted by molar-refractivity contribution is 0.0487. The SMILES string of the molecule is CCCCCC/C=C/CCCCCCCOC(=O)c1ccccc1C(=O)O. The molecule has 0 saturated carbocycles. The largest absolute Gasteiger partial charge is 0.478 e. The predicted molar refractivity (Wildman–Crippen MR) is 109 cm³/mol. The van der Waals surface area contributed by atoms with Crippen molar-refractivity contribution in [2.24, 2.45) is 0 Å². The molecule has 0 aliphatic carbocycles. The molecule has 1 N–H and O–H groups in total. The third-order valence-corrected chi connectivity index (χ3v) is 4.52. The molecular weight excluding hydrogens is 340 g/mol. The maximum absolute atomic E-state index is 12.0. The highest BCUT2D eigenvalue weighted by molar-refractivity contribution is 6.02. The van der Waals surface area contributed by atoms with Crippen LogP contribution in [-0.2, 0) is 4.74 Å². The molecule has 4 heteroatoms. The van der Waals surface area contributed by atoms with Crippen LogP contribution in [0.3, 0.4) is 0 Å². The third-order valence-electron chi connectivity index (χ3n) is 4.52. The monoisotopic (exact) mass is 374 g/mol. The Morgan fingerprint density at radius 2 is 1.41 bits per heavy atom. The molecule has 0 saturated heterocycles. The number of rotatable bonds is 15. The van der Waals surface area contributed by atoms with Crippen LogP contribution in [0, 0.1) is 0 Å². The molecule has 0 bridgehead atoms. The van der Waals surface area contributed by atoms with E-state index >= 15 is 0 Å². The summed E-state index contributed by atoms with van der Waals surface area (Å²) in [6.07, 6.45) is 17.6. The summed E-state index contributed by atoms with van der Waals surface area (Å²) >= 11 is 0. The Hall–Kier alpha value is -2.10. The van der Waals surface area contributed by atoms with Crippen molar-refractivity contribution in [3.63, 3.8) is 0 Å². The molecule has 0 fully saturated rings. The number of ether oxygens (including phenoxy) is 1. The second kappa shape index (κ2) is 15.0. The van der Waals surface area contributed by atoms with Crippen LogP contribution < -0.4 is 0 Å². The highest BCUT2D eigenvalue weighted by Crippen LogP contribution is 2.12. The van der Waals surface area contributed by atoms with E-state index in [2.05, 4.69) is 19.1 Å². The number of carboxylic acids is 1. The number of hydrogen-bond acceptors (Lipinski definition) is 3. The summed E-state index contributed by atoms with van der Waals surface area (Å²) < 4.78 is 5.21. The third kappa shape index (κ3) is 10.6. The first-order valence-electron chi connectivity index (χ1n) is 10.3. The molecule has 0 aromatic heterocycles. The van der Waals surface area contributed by atoms with Crippen LogP contribution in [0.2, 0.25) is 0 Å². The molecule has 4 nitrogen and oxygen atoms in total. The van der Waals surface area contributed by atoms with E-state index in [4.69, 9.17) is 9.84 Å². The van der Waals surface area contributed by atoms with Crippen molar-refractivity contribution < 1.29 is 19.4 Å². The van der Waals surface area contributed by atoms with Gasteiger partial charge in [0.05, 0.1) is 17.7 Å². The summed E-state index contributed by atoms with van der Waals surface area (Å²) in [6, 6.07) is 6.15. The van der Waals surface area contributed by atoms with Crippen molar-refractivity contribution in [3.05, 3.63) is 47.5 Å². The van der Waals surface area contributed by atoms with Crippen LogP contribution in [0.5, 0.6) is 0 Å². The smallest absolute Gasteiger partial charge is 0.339 e. The summed E-state index contributed by atoms with van der Waals surface area (Å²) in [6.45, 7) is 2.57. The Balaban J connectivity index is 2.02. The summed E-state index contributed by atoms with van der Waals surface area (Å²) in [5.41, 5.74) is 0.104. The predicted octanol–water partition coefficient (Wildman–Crippen LogP) is 6.41. The molecule has 0 aliphatic rings. The quantitative estimate of drug-likeness (QED) is 0.219. The van der Waals surface area contributed by atoms with Gasteiger partial charge in [-0.2, -0.15) is 0 Å². The van der Waals surface area contributed by atoms with Crippen molar-refractivity contribution in [1.82, 2.24) is 0 Å². The van der Waals surface area contributed by atoms with Crippen molar-refractivity contribution in [2.45, 2.75) is 77.6 Å². The van der Waals surface area contributed by atoms with Gasteiger partial charge in [-0.05, 0) is 44.2 Å². The van der Waals surface area contributed by atoms with Gasteiger partial charge in [-0.15, -0.1) is 0 Å². The van der Waals surface area contributed by atoms with E-state index in [1.54, 1.807) is 12.1 Å². The minimum Gasteiger partial charge on any atom is -0.478 e. The van der Waals surface area contributed by atoms with E-state index in [1.165, 1.54) is 57.1 Å². The Bertz CT molecular complexity index is 577. The first-order chi connectivity index (χ1) is 13.2. The first kappa shape index (κ1) is 22.9. The van der Waals surface area contributed by atoms with Crippen molar-refractivity contribution in [1.29, 1.82) is 0 Å². The van der Waals surface area contributed by atoms with E-state index < -0.39 is 11.9 Å². The maximum atomic E-state index is 12.0. The Morgan fingerprint density at radius 3 is 2.04 bits per heavy atom. The van der Waals surface area contributed by atoms with Crippen molar-refractivity contribution >= 4 is 11.9 Å². The molecular formula is C23H34O4. The van der Waals surface area contributed by atoms with Crippen LogP contribution in [-0.4, -0.2) is 23.7 Å². The number of benzene rings is 1. The number of esters is 1. The zero-order valence-corrected chi connectivity index (χ0v) is 16.6. The molecule has 0 heterocycles. The van der Waals surface area contributed by atoms with Gasteiger partial charge in [-0.1, -0.05) is 69.7 Å². The molecule has 0 amide bonds. The fourth-order valence-corrected chi connectivity index (χ4v) is 2.91. The number of allylic oxidation sites excluding steroid dienone is 2. The second-order valence-electron chi connectivity index (χ2n) is 6.86. The second-order valence-corrected chi connectivity index (χ2v) is 6.86. The summed E-state index contributed by atoms with van der Waals surface area (Å²) in [4.78, 5) is 23.1. The van der Waals surface area contributed by atoms with Crippen LogP contribution in [0.4, 0.5) is 0 Å². The summed E-state index contributed by atoms with van der Waals surface area (Å²) in [5, 5.41) is 9.10. The molecule has 150 valence electrons. The molecule has 1 aromatic carbocycles. The molecule has 0 radical (unpaired) electrons. The van der Waals surface area contributed by atoms with Gasteiger partial charge in [0, 0.05) is 0 Å². The molecule has 0 unspecified atom stereocenters. The van der Waals surface area contributed by atoms with Gasteiger partial charge in [0.25, 0.3) is 0 Å². The topological polar surface area (TPSA) is 63.6 Å². The van der Waals surface area contributed by atoms with Crippen LogP contribution in [0.1, 0.15) is 98.3 Å². The summed E-state index contributed by atoms with van der Waals surface area (Å²) in [7, 11) is 0. The average Bonchev–Trinajstić information content (AvgIpc) is 2.68. The van der Waals surface area contributed by atoms with Crippen LogP contribution in [0.15, 0.2) is 36.4 Å². The highest BCUT2D eigenvalue weighted by Gasteiger charge is 2.16. The van der Waals surface area contributed by atoms with E-state index in [9.17, 15) is 9.59 Å². The zero-order valence-electron chi connectivity index (χ0n) is 16.6. The highest BCUT2D eigenvalue weighted by atomic mass is 16.5. The lowest BCUT2D eigenvalue weighted by atomic mass is 10.1. The van der Waals surface area contributed by atoms with E-state index in [1.807, 2.05) is 0 Å². The van der Waals surface area contributed by atoms with Crippen LogP contribution in [0.25, 0.3) is 0 Å². The molecule has 0 aliphatic heterocycles. The number of carboxylic acid groups (broad SMARTS) is 1. The van der Waals surface area contributed by atoms with Crippen LogP contribution >= 0.6 is 0 Å². The number of hydrogen-bond donors (Lipinski definition) is 1. The van der Waals surface area contributed by atoms with Gasteiger partial charge in [0.15, 0.2) is 0 Å². The molecule has 1 aromatic rings. The Morgan fingerprint density at radius 1 is 0.852 bits per heavy atom. The molecule has 0 spiro atoms. The minimum atomic E-state index is -1.11. The van der Waals surface area contributed by atoms with E-state index in [0.717, 1.165) is 25.7 Å². The van der Waals surface area contributed by atoms with Crippen molar-refractivity contribution in [2.75, 3.05) is 6.61 Å². The first-order valence-corrected chi connectivity index (χ1v) is 10.3. The average molecular weight is 375 g/mol. The molecule has 1 rings (SSSR count). The lowest BCUT2D eigenvalue weighted by Gasteiger charge is -2.07. The standard InChI is InChI=1S/C23H34O4/c1-2-3-4-5-6-7-8-9-10-11-12-13-16-19-27-23(26)21-18-15-14-17-20(21)22(24)25/h7-8,14-15,17-18H,2-6,9-13,16,19H2,1H3,(H,24,25)/b8-7+. The van der Waals surface area contributed by atoms with Gasteiger partial charge in [-0.25, -0.2) is 9.59 Å². The minimum absolute atomic E-state index is 0.0130. The van der Waals surface area contributed by atoms with Gasteiger partial charge in [0.2, 0.25) is 0 Å². The zero-order chi connectivity index (χ0) is 19.7. The number of carbonyl (C=O) groups excluding carboxylic acids is 1. The van der Waals surface area contributed by atoms with Gasteiger partial charge in [0.1, 0.15) is 0 Å². The summed E-state index contributed by atoms with van der Waals surface area (Å²) in [5.74, 6) is -1.67. The maximum Gasteiger partial charge on any atom is 0.339 e. The van der Waals surface area contributed by atoms with E-state index in [0.29, 0.717) is 6.61 Å². The fourth-order valence-electron chi connectivity index (χ4n) is 2.91. The van der Waals surface area contributed by atoms with Crippen molar-refractivity contribution in [3.8, 4) is 0 Å². The number of carbonyl (C=O) groups is 2. The Labute approximate surface area is 163 Å². The molecule has 27 heavy (non-hydrogen) atoms. The van der Waals surface area contributed by atoms with E-state index in [-0.39, 0.29) is 11.1 Å². The molecule has 0 atom stereocenters. The van der Waals surface area contributed by atoms with Gasteiger partial charge < -0.3 is 9.84 Å². The normalized spacial score (nSPS) is 11.0. The van der Waals surface area contributed by atoms with Gasteiger partial charge >= 0.3 is 11.9 Å². The number of aromatic carboxylic acids is 1. The Kier molecular flexibility index (Phi) is 12.7. The fraction of sp³-hybridized carbons (Fsp3) is 0.565. The van der Waals surface area contributed by atoms with Gasteiger partial charge in [-0.3, -0.25) is 0 Å². The number of unbranched alkanes of at least 4 members (excludes halogenated alkanes) is 9. The lowest BCUT2D eigenvalue weighted by Crippen LogP contribution is -2.12.